The van der Waals surface area contributed by atoms with Crippen molar-refractivity contribution in [2.24, 2.45) is 0 Å². The Hall–Kier alpha value is -1.81. The number of rotatable bonds is 2. The Labute approximate surface area is 123 Å². The van der Waals surface area contributed by atoms with Crippen molar-refractivity contribution >= 4 is 12.2 Å². The lowest BCUT2D eigenvalue weighted by atomic mass is 9.96. The van der Waals surface area contributed by atoms with Gasteiger partial charge in [0.2, 0.25) is 0 Å². The summed E-state index contributed by atoms with van der Waals surface area (Å²) in [5, 5.41) is 0. The van der Waals surface area contributed by atoms with Gasteiger partial charge in [0.15, 0.2) is 11.5 Å². The molecule has 3 rings (SSSR count). The molecule has 1 aliphatic rings. The minimum Gasteiger partial charge on any atom is -0.493 e. The van der Waals surface area contributed by atoms with Crippen molar-refractivity contribution < 1.29 is 9.47 Å². The van der Waals surface area contributed by atoms with Crippen LogP contribution in [0.25, 0.3) is 11.3 Å². The van der Waals surface area contributed by atoms with E-state index >= 15 is 0 Å². The second-order valence-electron chi connectivity index (χ2n) is 5.02. The molecule has 0 aliphatic carbocycles. The summed E-state index contributed by atoms with van der Waals surface area (Å²) in [7, 11) is 3.33. The minimum atomic E-state index is 0.757. The minimum absolute atomic E-state index is 0.757. The Morgan fingerprint density at radius 2 is 1.75 bits per heavy atom. The molecule has 2 aromatic rings. The molecule has 1 aromatic heterocycles. The van der Waals surface area contributed by atoms with Crippen LogP contribution >= 0.6 is 12.2 Å². The molecule has 1 aromatic carbocycles. The highest BCUT2D eigenvalue weighted by atomic mass is 32.1. The van der Waals surface area contributed by atoms with Crippen LogP contribution in [-0.2, 0) is 13.0 Å². The van der Waals surface area contributed by atoms with Crippen LogP contribution < -0.4 is 9.47 Å². The zero-order valence-electron chi connectivity index (χ0n) is 11.9. The van der Waals surface area contributed by atoms with Gasteiger partial charge in [0.05, 0.1) is 14.2 Å². The maximum atomic E-state index is 5.47. The third-order valence-electron chi connectivity index (χ3n) is 3.76. The van der Waals surface area contributed by atoms with E-state index in [0.717, 1.165) is 34.8 Å². The molecule has 0 amide bonds. The first-order chi connectivity index (χ1) is 9.63. The fourth-order valence-corrected chi connectivity index (χ4v) is 3.15. The topological polar surface area (TPSA) is 23.4 Å². The molecular formula is C16H17NO2S. The fourth-order valence-electron chi connectivity index (χ4n) is 2.78. The zero-order chi connectivity index (χ0) is 14.3. The predicted molar refractivity (Wildman–Crippen MR) is 82.2 cm³/mol. The van der Waals surface area contributed by atoms with Crippen LogP contribution in [0.3, 0.4) is 0 Å². The molecule has 0 bridgehead atoms. The second-order valence-corrected chi connectivity index (χ2v) is 5.44. The standard InChI is InChI=1S/C16H17NO2S/c1-10-6-13-12-9-15(19-3)14(18-2)8-11(12)4-5-17(13)16(20)7-10/h6-9H,4-5H2,1-3H3. The van der Waals surface area contributed by atoms with E-state index in [1.807, 2.05) is 12.1 Å². The van der Waals surface area contributed by atoms with E-state index in [-0.39, 0.29) is 0 Å². The number of fused-ring (bicyclic) bond motifs is 3. The summed E-state index contributed by atoms with van der Waals surface area (Å²) in [5.41, 5.74) is 4.81. The predicted octanol–water partition coefficient (Wildman–Crippen LogP) is 3.77. The maximum Gasteiger partial charge on any atom is 0.161 e. The van der Waals surface area contributed by atoms with Crippen LogP contribution in [0.5, 0.6) is 11.5 Å². The number of hydrogen-bond acceptors (Lipinski definition) is 3. The summed E-state index contributed by atoms with van der Waals surface area (Å²) >= 11 is 5.47. The number of aromatic nitrogens is 1. The van der Waals surface area contributed by atoms with Gasteiger partial charge >= 0.3 is 0 Å². The Morgan fingerprint density at radius 1 is 1.05 bits per heavy atom. The SMILES string of the molecule is COc1cc2c(cc1OC)-c1cc(C)cc(=S)n1CC2. The first-order valence-corrected chi connectivity index (χ1v) is 7.01. The Bertz CT molecular complexity index is 734. The van der Waals surface area contributed by atoms with Crippen LogP contribution in [0, 0.1) is 11.6 Å². The molecule has 1 aliphatic heterocycles. The second kappa shape index (κ2) is 4.94. The molecule has 0 N–H and O–H groups in total. The molecular weight excluding hydrogens is 270 g/mol. The first kappa shape index (κ1) is 13.2. The molecule has 0 radical (unpaired) electrons. The zero-order valence-corrected chi connectivity index (χ0v) is 12.7. The number of hydrogen-bond donors (Lipinski definition) is 0. The first-order valence-electron chi connectivity index (χ1n) is 6.61. The summed E-state index contributed by atoms with van der Waals surface area (Å²) in [6, 6.07) is 8.35. The van der Waals surface area contributed by atoms with Gasteiger partial charge in [-0.15, -0.1) is 0 Å². The molecule has 104 valence electrons. The van der Waals surface area contributed by atoms with Crippen molar-refractivity contribution in [3.05, 3.63) is 40.0 Å². The summed E-state index contributed by atoms with van der Waals surface area (Å²) in [6.45, 7) is 2.99. The molecule has 0 atom stereocenters. The van der Waals surface area contributed by atoms with E-state index in [1.165, 1.54) is 16.7 Å². The van der Waals surface area contributed by atoms with E-state index in [4.69, 9.17) is 21.7 Å². The van der Waals surface area contributed by atoms with Crippen LogP contribution in [0.1, 0.15) is 11.1 Å². The number of nitrogens with zero attached hydrogens (tertiary/aromatic N) is 1. The summed E-state index contributed by atoms with van der Waals surface area (Å²) in [4.78, 5) is 0. The summed E-state index contributed by atoms with van der Waals surface area (Å²) in [5.74, 6) is 1.54. The van der Waals surface area contributed by atoms with Gasteiger partial charge in [0.25, 0.3) is 0 Å². The maximum absolute atomic E-state index is 5.47. The van der Waals surface area contributed by atoms with Gasteiger partial charge in [-0.1, -0.05) is 12.2 Å². The summed E-state index contributed by atoms with van der Waals surface area (Å²) in [6.07, 6.45) is 0.958. The van der Waals surface area contributed by atoms with Crippen molar-refractivity contribution in [3.8, 4) is 22.8 Å². The third-order valence-corrected chi connectivity index (χ3v) is 4.10. The smallest absolute Gasteiger partial charge is 0.161 e. The van der Waals surface area contributed by atoms with Gasteiger partial charge in [-0.2, -0.15) is 0 Å². The lowest BCUT2D eigenvalue weighted by molar-refractivity contribution is 0.354. The molecule has 20 heavy (non-hydrogen) atoms. The molecule has 0 fully saturated rings. The van der Waals surface area contributed by atoms with E-state index in [1.54, 1.807) is 14.2 Å². The Morgan fingerprint density at radius 3 is 2.45 bits per heavy atom. The highest BCUT2D eigenvalue weighted by Crippen LogP contribution is 2.38. The van der Waals surface area contributed by atoms with Crippen molar-refractivity contribution in [2.45, 2.75) is 19.9 Å². The van der Waals surface area contributed by atoms with Crippen molar-refractivity contribution in [1.82, 2.24) is 4.57 Å². The molecule has 0 saturated carbocycles. The van der Waals surface area contributed by atoms with Gasteiger partial charge in [-0.05, 0) is 48.7 Å². The normalized spacial score (nSPS) is 12.6. The number of aryl methyl sites for hydroxylation is 2. The van der Waals surface area contributed by atoms with Crippen molar-refractivity contribution in [1.29, 1.82) is 0 Å². The highest BCUT2D eigenvalue weighted by molar-refractivity contribution is 7.71. The van der Waals surface area contributed by atoms with E-state index < -0.39 is 0 Å². The van der Waals surface area contributed by atoms with Gasteiger partial charge in [0, 0.05) is 17.8 Å². The van der Waals surface area contributed by atoms with E-state index in [9.17, 15) is 0 Å². The van der Waals surface area contributed by atoms with Crippen LogP contribution in [0.15, 0.2) is 24.3 Å². The largest absolute Gasteiger partial charge is 0.493 e. The van der Waals surface area contributed by atoms with Gasteiger partial charge in [-0.3, -0.25) is 0 Å². The molecule has 0 unspecified atom stereocenters. The number of pyridine rings is 1. The van der Waals surface area contributed by atoms with Crippen LogP contribution in [0.2, 0.25) is 0 Å². The molecule has 2 heterocycles. The monoisotopic (exact) mass is 287 g/mol. The number of ether oxygens (including phenoxy) is 2. The number of methoxy groups -OCH3 is 2. The molecule has 3 nitrogen and oxygen atoms in total. The molecule has 0 spiro atoms. The Balaban J connectivity index is 2.28. The average molecular weight is 287 g/mol. The quantitative estimate of drug-likeness (QED) is 0.786. The molecule has 4 heteroatoms. The molecule has 0 saturated heterocycles. The fraction of sp³-hybridized carbons (Fsp3) is 0.312. The third kappa shape index (κ3) is 2.00. The van der Waals surface area contributed by atoms with E-state index in [0.29, 0.717) is 0 Å². The lowest BCUT2D eigenvalue weighted by Crippen LogP contribution is -2.14. The average Bonchev–Trinajstić information content (AvgIpc) is 2.45. The number of benzene rings is 1. The Kier molecular flexibility index (Phi) is 3.26. The van der Waals surface area contributed by atoms with Gasteiger partial charge < -0.3 is 14.0 Å². The van der Waals surface area contributed by atoms with Gasteiger partial charge in [0.1, 0.15) is 4.64 Å². The highest BCUT2D eigenvalue weighted by Gasteiger charge is 2.19. The van der Waals surface area contributed by atoms with Crippen LogP contribution in [0.4, 0.5) is 0 Å². The summed E-state index contributed by atoms with van der Waals surface area (Å²) < 4.78 is 13.9. The van der Waals surface area contributed by atoms with Crippen LogP contribution in [-0.4, -0.2) is 18.8 Å². The van der Waals surface area contributed by atoms with Gasteiger partial charge in [-0.25, -0.2) is 0 Å². The van der Waals surface area contributed by atoms with Crippen molar-refractivity contribution in [2.75, 3.05) is 14.2 Å². The van der Waals surface area contributed by atoms with E-state index in [2.05, 4.69) is 23.6 Å². The lowest BCUT2D eigenvalue weighted by Gasteiger charge is -2.24. The van der Waals surface area contributed by atoms with Crippen molar-refractivity contribution in [3.63, 3.8) is 0 Å².